The van der Waals surface area contributed by atoms with Gasteiger partial charge in [0.1, 0.15) is 11.0 Å². The summed E-state index contributed by atoms with van der Waals surface area (Å²) in [5.74, 6) is -0.573. The minimum Gasteiger partial charge on any atom is -0.389 e. The highest BCUT2D eigenvalue weighted by Crippen LogP contribution is 2.22. The van der Waals surface area contributed by atoms with E-state index in [2.05, 4.69) is 10.6 Å². The topological polar surface area (TPSA) is 84.2 Å². The van der Waals surface area contributed by atoms with E-state index in [-0.39, 0.29) is 16.8 Å². The van der Waals surface area contributed by atoms with Crippen molar-refractivity contribution >= 4 is 46.3 Å². The molecule has 1 atom stereocenters. The Morgan fingerprint density at radius 1 is 1.47 bits per heavy atom. The normalized spacial score (nSPS) is 18.9. The standard InChI is InChI=1S/C12H12ClN3O2S/c13-8-5-6(1-2-7(8)11(14)19)15-9-3-4-10(17)16-12(9)18/h1-2,5,9,15H,3-4H2,(H2,14,19)(H,16,17,18). The Hall–Kier alpha value is -1.66. The van der Waals surface area contributed by atoms with Crippen molar-refractivity contribution in [3.63, 3.8) is 0 Å². The molecule has 2 rings (SSSR count). The monoisotopic (exact) mass is 297 g/mol. The van der Waals surface area contributed by atoms with Crippen molar-refractivity contribution in [3.8, 4) is 0 Å². The van der Waals surface area contributed by atoms with E-state index < -0.39 is 6.04 Å². The van der Waals surface area contributed by atoms with Gasteiger partial charge in [-0.1, -0.05) is 23.8 Å². The SMILES string of the molecule is NC(=S)c1ccc(NC2CCC(=O)NC2=O)cc1Cl. The molecule has 1 fully saturated rings. The number of hydrogen-bond acceptors (Lipinski definition) is 4. The predicted octanol–water partition coefficient (Wildman–Crippen LogP) is 1.19. The molecule has 0 bridgehead atoms. The lowest BCUT2D eigenvalue weighted by Gasteiger charge is -2.23. The molecule has 100 valence electrons. The van der Waals surface area contributed by atoms with Crippen LogP contribution in [0.4, 0.5) is 5.69 Å². The summed E-state index contributed by atoms with van der Waals surface area (Å²) >= 11 is 10.9. The predicted molar refractivity (Wildman–Crippen MR) is 77.1 cm³/mol. The Morgan fingerprint density at radius 2 is 2.21 bits per heavy atom. The molecule has 0 aliphatic carbocycles. The molecule has 5 nitrogen and oxygen atoms in total. The van der Waals surface area contributed by atoms with Crippen molar-refractivity contribution in [3.05, 3.63) is 28.8 Å². The second kappa shape index (κ2) is 5.54. The number of carbonyl (C=O) groups excluding carboxylic acids is 2. The smallest absolute Gasteiger partial charge is 0.249 e. The molecular formula is C12H12ClN3O2S. The molecule has 4 N–H and O–H groups in total. The maximum absolute atomic E-state index is 11.6. The molecule has 7 heteroatoms. The van der Waals surface area contributed by atoms with Crippen molar-refractivity contribution in [2.75, 3.05) is 5.32 Å². The molecular weight excluding hydrogens is 286 g/mol. The Morgan fingerprint density at radius 3 is 2.79 bits per heavy atom. The van der Waals surface area contributed by atoms with Gasteiger partial charge in [-0.25, -0.2) is 0 Å². The maximum Gasteiger partial charge on any atom is 0.249 e. The van der Waals surface area contributed by atoms with Gasteiger partial charge in [0.2, 0.25) is 11.8 Å². The molecule has 1 aliphatic heterocycles. The minimum atomic E-state index is -0.440. The second-order valence-electron chi connectivity index (χ2n) is 4.21. The number of halogens is 1. The van der Waals surface area contributed by atoms with Gasteiger partial charge in [-0.3, -0.25) is 14.9 Å². The zero-order valence-corrected chi connectivity index (χ0v) is 11.5. The summed E-state index contributed by atoms with van der Waals surface area (Å²) in [6.45, 7) is 0. The number of hydrogen-bond donors (Lipinski definition) is 3. The van der Waals surface area contributed by atoms with Crippen molar-refractivity contribution in [2.24, 2.45) is 5.73 Å². The van der Waals surface area contributed by atoms with E-state index >= 15 is 0 Å². The summed E-state index contributed by atoms with van der Waals surface area (Å²) in [7, 11) is 0. The third-order valence-corrected chi connectivity index (χ3v) is 3.35. The maximum atomic E-state index is 11.6. The lowest BCUT2D eigenvalue weighted by atomic mass is 10.1. The third kappa shape index (κ3) is 3.21. The van der Waals surface area contributed by atoms with Crippen molar-refractivity contribution in [1.29, 1.82) is 0 Å². The minimum absolute atomic E-state index is 0.220. The highest BCUT2D eigenvalue weighted by molar-refractivity contribution is 7.80. The quantitative estimate of drug-likeness (QED) is 0.576. The third-order valence-electron chi connectivity index (χ3n) is 2.81. The average molecular weight is 298 g/mol. The summed E-state index contributed by atoms with van der Waals surface area (Å²) in [4.78, 5) is 22.9. The van der Waals surface area contributed by atoms with Crippen LogP contribution in [0.5, 0.6) is 0 Å². The van der Waals surface area contributed by atoms with E-state index in [1.807, 2.05) is 0 Å². The van der Waals surface area contributed by atoms with Crippen LogP contribution in [-0.4, -0.2) is 22.8 Å². The van der Waals surface area contributed by atoms with Crippen LogP contribution >= 0.6 is 23.8 Å². The molecule has 2 amide bonds. The number of piperidine rings is 1. The van der Waals surface area contributed by atoms with Crippen molar-refractivity contribution < 1.29 is 9.59 Å². The summed E-state index contributed by atoms with van der Waals surface area (Å²) in [6, 6.07) is 4.65. The van der Waals surface area contributed by atoms with Crippen LogP contribution in [0.15, 0.2) is 18.2 Å². The lowest BCUT2D eigenvalue weighted by molar-refractivity contribution is -0.133. The Kier molecular flexibility index (Phi) is 4.01. The molecule has 1 aromatic carbocycles. The van der Waals surface area contributed by atoms with E-state index in [1.165, 1.54) is 0 Å². The number of nitrogens with two attached hydrogens (primary N) is 1. The molecule has 1 heterocycles. The highest BCUT2D eigenvalue weighted by Gasteiger charge is 2.26. The van der Waals surface area contributed by atoms with Crippen LogP contribution < -0.4 is 16.4 Å². The number of rotatable bonds is 3. The van der Waals surface area contributed by atoms with Gasteiger partial charge >= 0.3 is 0 Å². The average Bonchev–Trinajstić information content (AvgIpc) is 2.32. The summed E-state index contributed by atoms with van der Waals surface area (Å²) < 4.78 is 0. The lowest BCUT2D eigenvalue weighted by Crippen LogP contribution is -2.47. The summed E-state index contributed by atoms with van der Waals surface area (Å²) in [5.41, 5.74) is 6.78. The zero-order chi connectivity index (χ0) is 14.0. The first kappa shape index (κ1) is 13.8. The number of benzene rings is 1. The number of nitrogens with one attached hydrogen (secondary N) is 2. The highest BCUT2D eigenvalue weighted by atomic mass is 35.5. The Labute approximate surface area is 120 Å². The number of thiocarbonyl (C=S) groups is 1. The van der Waals surface area contributed by atoms with Crippen LogP contribution in [0, 0.1) is 0 Å². The van der Waals surface area contributed by atoms with Gasteiger partial charge in [0.15, 0.2) is 0 Å². The van der Waals surface area contributed by atoms with E-state index in [1.54, 1.807) is 18.2 Å². The van der Waals surface area contributed by atoms with Gasteiger partial charge in [-0.2, -0.15) is 0 Å². The van der Waals surface area contributed by atoms with Crippen LogP contribution in [-0.2, 0) is 9.59 Å². The van der Waals surface area contributed by atoms with Crippen LogP contribution in [0.1, 0.15) is 18.4 Å². The first-order valence-corrected chi connectivity index (χ1v) is 6.45. The molecule has 0 aromatic heterocycles. The van der Waals surface area contributed by atoms with E-state index in [0.717, 1.165) is 0 Å². The van der Waals surface area contributed by atoms with E-state index in [0.29, 0.717) is 29.1 Å². The van der Waals surface area contributed by atoms with Gasteiger partial charge in [0, 0.05) is 17.7 Å². The Balaban J connectivity index is 2.11. The van der Waals surface area contributed by atoms with Crippen molar-refractivity contribution in [2.45, 2.75) is 18.9 Å². The molecule has 0 spiro atoms. The van der Waals surface area contributed by atoms with Crippen LogP contribution in [0.3, 0.4) is 0 Å². The summed E-state index contributed by atoms with van der Waals surface area (Å²) in [5, 5.41) is 5.73. The van der Waals surface area contributed by atoms with Crippen molar-refractivity contribution in [1.82, 2.24) is 5.32 Å². The molecule has 1 aliphatic rings. The second-order valence-corrected chi connectivity index (χ2v) is 5.05. The fourth-order valence-electron chi connectivity index (χ4n) is 1.84. The van der Waals surface area contributed by atoms with Gasteiger partial charge in [-0.05, 0) is 24.6 Å². The van der Waals surface area contributed by atoms with Crippen LogP contribution in [0.2, 0.25) is 5.02 Å². The van der Waals surface area contributed by atoms with Crippen LogP contribution in [0.25, 0.3) is 0 Å². The van der Waals surface area contributed by atoms with Gasteiger partial charge in [0.25, 0.3) is 0 Å². The molecule has 1 saturated heterocycles. The number of amides is 2. The van der Waals surface area contributed by atoms with E-state index in [4.69, 9.17) is 29.6 Å². The number of anilines is 1. The summed E-state index contributed by atoms with van der Waals surface area (Å²) in [6.07, 6.45) is 0.779. The molecule has 1 aromatic rings. The fraction of sp³-hybridized carbons (Fsp3) is 0.250. The number of carbonyl (C=O) groups is 2. The molecule has 0 saturated carbocycles. The zero-order valence-electron chi connectivity index (χ0n) is 9.90. The van der Waals surface area contributed by atoms with Gasteiger partial charge < -0.3 is 11.1 Å². The van der Waals surface area contributed by atoms with Gasteiger partial charge in [-0.15, -0.1) is 0 Å². The van der Waals surface area contributed by atoms with E-state index in [9.17, 15) is 9.59 Å². The number of imide groups is 1. The molecule has 0 radical (unpaired) electrons. The molecule has 19 heavy (non-hydrogen) atoms. The van der Waals surface area contributed by atoms with Gasteiger partial charge in [0.05, 0.1) is 5.02 Å². The fourth-order valence-corrected chi connectivity index (χ4v) is 2.35. The first-order valence-electron chi connectivity index (χ1n) is 5.67. The molecule has 1 unspecified atom stereocenters. The largest absolute Gasteiger partial charge is 0.389 e. The first-order chi connectivity index (χ1) is 8.97. The Bertz CT molecular complexity index is 562.